The number of nitriles is 1. The van der Waals surface area contributed by atoms with Crippen LogP contribution in [0, 0.1) is 25.2 Å². The van der Waals surface area contributed by atoms with Gasteiger partial charge in [0.25, 0.3) is 0 Å². The Morgan fingerprint density at radius 2 is 1.53 bits per heavy atom. The third-order valence-corrected chi connectivity index (χ3v) is 9.21. The van der Waals surface area contributed by atoms with Crippen LogP contribution in [0.4, 0.5) is 0 Å². The predicted octanol–water partition coefficient (Wildman–Crippen LogP) is 10.4. The molecule has 4 aromatic carbocycles. The Hall–Kier alpha value is -3.93. The number of hydrogen-bond acceptors (Lipinski definition) is 2. The van der Waals surface area contributed by atoms with Crippen LogP contribution in [0.3, 0.4) is 0 Å². The minimum Gasteiger partial charge on any atom is -0.316 e. The Morgan fingerprint density at radius 3 is 2.24 bits per heavy atom. The van der Waals surface area contributed by atoms with E-state index in [2.05, 4.69) is 100 Å². The van der Waals surface area contributed by atoms with E-state index < -0.39 is 0 Å². The Bertz CT molecular complexity index is 1630. The molecule has 45 heavy (non-hydrogen) atoms. The van der Waals surface area contributed by atoms with Gasteiger partial charge in [0.2, 0.25) is 0 Å². The van der Waals surface area contributed by atoms with Crippen LogP contribution in [-0.2, 0) is 45.1 Å². The Morgan fingerprint density at radius 1 is 0.800 bits per heavy atom. The van der Waals surface area contributed by atoms with Gasteiger partial charge in [-0.2, -0.15) is 5.26 Å². The highest BCUT2D eigenvalue weighted by atomic mass is 14.8. The van der Waals surface area contributed by atoms with Crippen molar-refractivity contribution in [2.45, 2.75) is 98.4 Å². The second-order valence-electron chi connectivity index (χ2n) is 12.9. The van der Waals surface area contributed by atoms with E-state index in [1.807, 2.05) is 25.2 Å². The fraction of sp³-hybridized carbons (Fsp3) is 0.372. The lowest BCUT2D eigenvalue weighted by molar-refractivity contribution is 0.686. The van der Waals surface area contributed by atoms with E-state index in [9.17, 15) is 5.26 Å². The number of allylic oxidation sites excluding steroid dienone is 1. The second kappa shape index (κ2) is 17.0. The van der Waals surface area contributed by atoms with E-state index in [1.165, 1.54) is 94.2 Å². The molecule has 0 aromatic heterocycles. The molecule has 0 amide bonds. The molecule has 0 radical (unpaired) electrons. The third-order valence-electron chi connectivity index (χ3n) is 9.21. The van der Waals surface area contributed by atoms with Gasteiger partial charge in [0.15, 0.2) is 0 Å². The minimum atomic E-state index is 0.737. The second-order valence-corrected chi connectivity index (χ2v) is 12.9. The maximum Gasteiger partial charge on any atom is 0.0991 e. The molecule has 0 fully saturated rings. The van der Waals surface area contributed by atoms with Crippen molar-refractivity contribution in [2.24, 2.45) is 0 Å². The SMILES string of the molecule is C=C(C)CCC.CNCc1cc(C)c(CCc2cccc(-c3ccc4c(c3)CCCC4)c2C)cc1CCc1cccc(C#N)c1. The number of nitrogens with one attached hydrogen (secondary N) is 1. The Kier molecular flexibility index (Phi) is 12.8. The van der Waals surface area contributed by atoms with Gasteiger partial charge >= 0.3 is 0 Å². The van der Waals surface area contributed by atoms with Crippen molar-refractivity contribution < 1.29 is 0 Å². The summed E-state index contributed by atoms with van der Waals surface area (Å²) in [5.74, 6) is 0. The third kappa shape index (κ3) is 9.53. The van der Waals surface area contributed by atoms with Gasteiger partial charge in [-0.1, -0.05) is 79.6 Å². The molecule has 0 saturated heterocycles. The maximum atomic E-state index is 9.27. The topological polar surface area (TPSA) is 35.8 Å². The number of hydrogen-bond donors (Lipinski definition) is 1. The monoisotopic (exact) mass is 596 g/mol. The van der Waals surface area contributed by atoms with Crippen LogP contribution < -0.4 is 5.32 Å². The lowest BCUT2D eigenvalue weighted by Crippen LogP contribution is -2.10. The molecular weight excluding hydrogens is 544 g/mol. The minimum absolute atomic E-state index is 0.737. The van der Waals surface area contributed by atoms with Gasteiger partial charge in [-0.15, -0.1) is 6.58 Å². The average molecular weight is 597 g/mol. The van der Waals surface area contributed by atoms with Crippen molar-refractivity contribution in [3.63, 3.8) is 0 Å². The van der Waals surface area contributed by atoms with Gasteiger partial charge in [0, 0.05) is 6.54 Å². The number of nitrogens with zero attached hydrogens (tertiary/aromatic N) is 1. The van der Waals surface area contributed by atoms with Gasteiger partial charge in [0.1, 0.15) is 0 Å². The molecule has 0 bridgehead atoms. The lowest BCUT2D eigenvalue weighted by Gasteiger charge is -2.18. The quantitative estimate of drug-likeness (QED) is 0.175. The Balaban J connectivity index is 0.000000700. The van der Waals surface area contributed by atoms with Crippen LogP contribution in [0.15, 0.2) is 84.9 Å². The molecule has 2 nitrogen and oxygen atoms in total. The molecule has 1 aliphatic rings. The molecular formula is C43H52N2. The van der Waals surface area contributed by atoms with Crippen LogP contribution in [-0.4, -0.2) is 7.05 Å². The first-order chi connectivity index (χ1) is 21.8. The Labute approximate surface area is 273 Å². The summed E-state index contributed by atoms with van der Waals surface area (Å²) in [5, 5.41) is 12.6. The van der Waals surface area contributed by atoms with Crippen LogP contribution in [0.1, 0.15) is 95.2 Å². The highest BCUT2D eigenvalue weighted by Crippen LogP contribution is 2.31. The summed E-state index contributed by atoms with van der Waals surface area (Å²) in [6, 6.07) is 29.1. The van der Waals surface area contributed by atoms with E-state index in [-0.39, 0.29) is 0 Å². The van der Waals surface area contributed by atoms with Crippen molar-refractivity contribution in [3.05, 3.63) is 141 Å². The van der Waals surface area contributed by atoms with Crippen molar-refractivity contribution in [2.75, 3.05) is 7.05 Å². The summed E-state index contributed by atoms with van der Waals surface area (Å²) in [6.07, 6.45) is 11.5. The lowest BCUT2D eigenvalue weighted by atomic mass is 9.87. The van der Waals surface area contributed by atoms with E-state index in [0.29, 0.717) is 0 Å². The molecule has 0 aliphatic heterocycles. The van der Waals surface area contributed by atoms with Crippen LogP contribution in [0.25, 0.3) is 11.1 Å². The fourth-order valence-electron chi connectivity index (χ4n) is 6.66. The predicted molar refractivity (Wildman–Crippen MR) is 193 cm³/mol. The van der Waals surface area contributed by atoms with E-state index in [1.54, 1.807) is 11.1 Å². The molecule has 2 heteroatoms. The van der Waals surface area contributed by atoms with Crippen molar-refractivity contribution >= 4 is 0 Å². The molecule has 5 rings (SSSR count). The standard InChI is InChI=1S/C37H40N2.C6H12/c1-26-20-36(25-39-3)34(15-14-28-8-6-9-29(21-28)24-38)22-32(26)18-16-30-12-7-13-37(27(30)2)35-19-17-31-10-4-5-11-33(31)23-35;1-4-5-6(2)3/h6-9,12-13,17,19-23,39H,4-5,10-11,14-16,18,25H2,1-3H3;2,4-5H2,1,3H3. The van der Waals surface area contributed by atoms with Crippen molar-refractivity contribution in [1.82, 2.24) is 5.32 Å². The van der Waals surface area contributed by atoms with Gasteiger partial charge in [-0.3, -0.25) is 0 Å². The van der Waals surface area contributed by atoms with Crippen LogP contribution >= 0.6 is 0 Å². The largest absolute Gasteiger partial charge is 0.316 e. The zero-order valence-electron chi connectivity index (χ0n) is 28.4. The average Bonchev–Trinajstić information content (AvgIpc) is 3.04. The van der Waals surface area contributed by atoms with E-state index in [0.717, 1.165) is 37.8 Å². The fourth-order valence-corrected chi connectivity index (χ4v) is 6.66. The number of benzene rings is 4. The van der Waals surface area contributed by atoms with Crippen molar-refractivity contribution in [1.29, 1.82) is 5.26 Å². The smallest absolute Gasteiger partial charge is 0.0991 e. The van der Waals surface area contributed by atoms with Gasteiger partial charge in [0.05, 0.1) is 11.6 Å². The molecule has 234 valence electrons. The highest BCUT2D eigenvalue weighted by Gasteiger charge is 2.14. The zero-order chi connectivity index (χ0) is 32.2. The molecule has 1 N–H and O–H groups in total. The summed E-state index contributed by atoms with van der Waals surface area (Å²) >= 11 is 0. The number of aryl methyl sites for hydroxylation is 7. The summed E-state index contributed by atoms with van der Waals surface area (Å²) in [4.78, 5) is 0. The highest BCUT2D eigenvalue weighted by molar-refractivity contribution is 5.70. The summed E-state index contributed by atoms with van der Waals surface area (Å²) in [5.41, 5.74) is 17.5. The van der Waals surface area contributed by atoms with Gasteiger partial charge in [-0.25, -0.2) is 0 Å². The van der Waals surface area contributed by atoms with Crippen molar-refractivity contribution in [3.8, 4) is 17.2 Å². The summed E-state index contributed by atoms with van der Waals surface area (Å²) in [7, 11) is 2.02. The number of fused-ring (bicyclic) bond motifs is 1. The summed E-state index contributed by atoms with van der Waals surface area (Å²) in [6.45, 7) is 13.4. The maximum absolute atomic E-state index is 9.27. The first-order valence-corrected chi connectivity index (χ1v) is 16.9. The normalized spacial score (nSPS) is 12.1. The van der Waals surface area contributed by atoms with E-state index >= 15 is 0 Å². The molecule has 0 heterocycles. The van der Waals surface area contributed by atoms with Gasteiger partial charge < -0.3 is 5.32 Å². The molecule has 0 atom stereocenters. The first kappa shape index (κ1) is 34.0. The first-order valence-electron chi connectivity index (χ1n) is 16.9. The molecule has 0 unspecified atom stereocenters. The number of rotatable bonds is 11. The van der Waals surface area contributed by atoms with Crippen LogP contribution in [0.5, 0.6) is 0 Å². The van der Waals surface area contributed by atoms with Gasteiger partial charge in [-0.05, 0) is 159 Å². The molecule has 4 aromatic rings. The van der Waals surface area contributed by atoms with Crippen LogP contribution in [0.2, 0.25) is 0 Å². The summed E-state index contributed by atoms with van der Waals surface area (Å²) < 4.78 is 0. The molecule has 0 saturated carbocycles. The molecule has 0 spiro atoms. The molecule has 1 aliphatic carbocycles. The zero-order valence-corrected chi connectivity index (χ0v) is 28.4. The van der Waals surface area contributed by atoms with E-state index in [4.69, 9.17) is 0 Å².